The van der Waals surface area contributed by atoms with Crippen molar-refractivity contribution in [3.05, 3.63) is 66.7 Å². The molecule has 63 heavy (non-hydrogen) atoms. The molecular weight excluding hydrogens is 857 g/mol. The molecule has 352 valence electrons. The molecular formula is C55H85Cl2FeN5. The summed E-state index contributed by atoms with van der Waals surface area (Å²) in [4.78, 5) is 15.7. The zero-order chi connectivity index (χ0) is 41.7. The van der Waals surface area contributed by atoms with Gasteiger partial charge in [-0.3, -0.25) is 0 Å². The van der Waals surface area contributed by atoms with Gasteiger partial charge in [-0.15, -0.1) is 0 Å². The van der Waals surface area contributed by atoms with E-state index >= 15 is 0 Å². The van der Waals surface area contributed by atoms with Gasteiger partial charge in [-0.25, -0.2) is 15.0 Å². The monoisotopic (exact) mass is 942 g/mol. The van der Waals surface area contributed by atoms with E-state index in [1.165, 1.54) is 216 Å². The van der Waals surface area contributed by atoms with Crippen LogP contribution in [0.25, 0.3) is 45.1 Å². The van der Waals surface area contributed by atoms with E-state index in [1.54, 1.807) is 0 Å². The smallest absolute Gasteiger partial charge is 1.00 e. The van der Waals surface area contributed by atoms with Crippen molar-refractivity contribution in [2.45, 2.75) is 232 Å². The summed E-state index contributed by atoms with van der Waals surface area (Å²) in [6, 6.07) is 23.6. The molecule has 5 nitrogen and oxygen atoms in total. The first-order chi connectivity index (χ1) is 29.8. The van der Waals surface area contributed by atoms with Crippen molar-refractivity contribution < 1.29 is 41.9 Å². The molecule has 0 radical (unpaired) electrons. The zero-order valence-electron chi connectivity index (χ0n) is 39.7. The summed E-state index contributed by atoms with van der Waals surface area (Å²) < 4.78 is 4.84. The average molecular weight is 943 g/mol. The van der Waals surface area contributed by atoms with Gasteiger partial charge in [0, 0.05) is 13.1 Å². The van der Waals surface area contributed by atoms with Gasteiger partial charge in [0.2, 0.25) is 0 Å². The number of imidazole rings is 2. The molecule has 0 bridgehead atoms. The van der Waals surface area contributed by atoms with Crippen molar-refractivity contribution in [3.63, 3.8) is 0 Å². The maximum atomic E-state index is 5.31. The number of halogens is 2. The van der Waals surface area contributed by atoms with Crippen LogP contribution in [0.5, 0.6) is 0 Å². The number of pyridine rings is 1. The van der Waals surface area contributed by atoms with Crippen LogP contribution in [0.2, 0.25) is 0 Å². The molecule has 0 aliphatic rings. The molecule has 0 atom stereocenters. The van der Waals surface area contributed by atoms with E-state index in [4.69, 9.17) is 15.0 Å². The topological polar surface area (TPSA) is 48.5 Å². The van der Waals surface area contributed by atoms with Crippen molar-refractivity contribution in [2.75, 3.05) is 0 Å². The summed E-state index contributed by atoms with van der Waals surface area (Å²) in [7, 11) is 0. The van der Waals surface area contributed by atoms with Gasteiger partial charge in [0.15, 0.2) is 11.6 Å². The third kappa shape index (κ3) is 20.8. The fraction of sp³-hybridized carbons (Fsp3) is 0.655. The first-order valence-electron chi connectivity index (χ1n) is 25.7. The number of para-hydroxylation sites is 4. The largest absolute Gasteiger partial charge is 2.00 e. The van der Waals surface area contributed by atoms with Gasteiger partial charge in [-0.1, -0.05) is 237 Å². The van der Waals surface area contributed by atoms with Gasteiger partial charge >= 0.3 is 17.1 Å². The molecule has 3 heterocycles. The van der Waals surface area contributed by atoms with Crippen LogP contribution >= 0.6 is 0 Å². The molecule has 0 aliphatic heterocycles. The Morgan fingerprint density at radius 1 is 0.317 bits per heavy atom. The fourth-order valence-electron chi connectivity index (χ4n) is 9.31. The van der Waals surface area contributed by atoms with Crippen molar-refractivity contribution in [1.29, 1.82) is 0 Å². The SMILES string of the molecule is CCCCCCCCCCCCCCCCCCn1c(-c2cccc(-c3nc4ccccc4n3CCCCCCCCCCCCCCCCCC)n2)nc2ccccc21.[Cl-].[Cl-].[Fe+2]. The van der Waals surface area contributed by atoms with Gasteiger partial charge < -0.3 is 33.9 Å². The average Bonchev–Trinajstić information content (AvgIpc) is 3.84. The predicted octanol–water partition coefficient (Wildman–Crippen LogP) is 11.6. The molecule has 0 saturated heterocycles. The maximum Gasteiger partial charge on any atom is 2.00 e. The van der Waals surface area contributed by atoms with Gasteiger partial charge in [-0.05, 0) is 49.2 Å². The van der Waals surface area contributed by atoms with E-state index in [9.17, 15) is 0 Å². The summed E-state index contributed by atoms with van der Waals surface area (Å²) in [5.74, 6) is 1.94. The van der Waals surface area contributed by atoms with Gasteiger partial charge in [-0.2, -0.15) is 0 Å². The van der Waals surface area contributed by atoms with E-state index < -0.39 is 0 Å². The van der Waals surface area contributed by atoms with E-state index in [0.29, 0.717) is 0 Å². The third-order valence-corrected chi connectivity index (χ3v) is 13.0. The standard InChI is InChI=1S/C55H85N5.2ClH.Fe/c1-3-5-7-9-11-13-15-17-19-21-23-25-27-29-31-37-46-59-52-44-35-33-40-48(52)57-54(59)50-42-39-43-51(56-50)55-58-49-41-34-36-45-53(49)60(55)47-38-32-30-28-26-24-22-20-18-16-14-12-10-8-6-4-2;;;/h33-36,39-45H,3-32,37-38,46-47H2,1-2H3;2*1H;/q;;;+2/p-2. The quantitative estimate of drug-likeness (QED) is 0.0297. The maximum absolute atomic E-state index is 5.31. The zero-order valence-corrected chi connectivity index (χ0v) is 42.4. The first kappa shape index (κ1) is 56.8. The summed E-state index contributed by atoms with van der Waals surface area (Å²) in [5, 5.41) is 0. The molecule has 8 heteroatoms. The van der Waals surface area contributed by atoms with Crippen LogP contribution in [0, 0.1) is 0 Å². The minimum atomic E-state index is 0. The van der Waals surface area contributed by atoms with Crippen LogP contribution in [0.3, 0.4) is 0 Å². The Hall–Kier alpha value is -2.37. The number of nitrogens with zero attached hydrogens (tertiary/aromatic N) is 5. The number of unbranched alkanes of at least 4 members (excludes halogenated alkanes) is 30. The molecule has 0 fully saturated rings. The summed E-state index contributed by atoms with van der Waals surface area (Å²) in [6.45, 7) is 6.55. The molecule has 0 spiro atoms. The van der Waals surface area contributed by atoms with Crippen LogP contribution in [-0.4, -0.2) is 24.1 Å². The Kier molecular flexibility index (Phi) is 32.3. The number of aromatic nitrogens is 5. The third-order valence-electron chi connectivity index (χ3n) is 13.0. The molecule has 0 saturated carbocycles. The number of rotatable bonds is 36. The molecule has 0 aliphatic carbocycles. The number of fused-ring (bicyclic) bond motifs is 2. The second kappa shape index (κ2) is 35.8. The Balaban J connectivity index is 0.00000455. The predicted molar refractivity (Wildman–Crippen MR) is 261 cm³/mol. The van der Waals surface area contributed by atoms with Crippen LogP contribution < -0.4 is 24.8 Å². The van der Waals surface area contributed by atoms with Gasteiger partial charge in [0.25, 0.3) is 0 Å². The summed E-state index contributed by atoms with van der Waals surface area (Å²) >= 11 is 0. The second-order valence-electron chi connectivity index (χ2n) is 18.2. The molecule has 5 rings (SSSR count). The van der Waals surface area contributed by atoms with Crippen LogP contribution in [0.15, 0.2) is 66.7 Å². The number of aryl methyl sites for hydroxylation is 2. The molecule has 5 aromatic rings. The molecule has 0 amide bonds. The minimum Gasteiger partial charge on any atom is -1.00 e. The van der Waals surface area contributed by atoms with E-state index in [-0.39, 0.29) is 41.9 Å². The van der Waals surface area contributed by atoms with E-state index in [0.717, 1.165) is 47.2 Å². The van der Waals surface area contributed by atoms with Crippen molar-refractivity contribution in [3.8, 4) is 23.0 Å². The molecule has 2 aromatic carbocycles. The number of hydrogen-bond acceptors (Lipinski definition) is 3. The van der Waals surface area contributed by atoms with Crippen molar-refractivity contribution in [1.82, 2.24) is 24.1 Å². The molecule has 3 aromatic heterocycles. The Morgan fingerprint density at radius 2 is 0.587 bits per heavy atom. The number of benzene rings is 2. The number of hydrogen-bond donors (Lipinski definition) is 0. The molecule has 0 unspecified atom stereocenters. The minimum absolute atomic E-state index is 0. The van der Waals surface area contributed by atoms with Crippen LogP contribution in [-0.2, 0) is 30.2 Å². The Morgan fingerprint density at radius 3 is 0.889 bits per heavy atom. The summed E-state index contributed by atoms with van der Waals surface area (Å²) in [5.41, 5.74) is 6.37. The van der Waals surface area contributed by atoms with Crippen LogP contribution in [0.4, 0.5) is 0 Å². The normalized spacial score (nSPS) is 11.2. The van der Waals surface area contributed by atoms with Gasteiger partial charge in [0.1, 0.15) is 11.4 Å². The summed E-state index contributed by atoms with van der Waals surface area (Å²) in [6.07, 6.45) is 44.3. The Bertz CT molecular complexity index is 1720. The second-order valence-corrected chi connectivity index (χ2v) is 18.2. The van der Waals surface area contributed by atoms with E-state index in [1.807, 2.05) is 0 Å². The van der Waals surface area contributed by atoms with Crippen molar-refractivity contribution in [2.24, 2.45) is 0 Å². The van der Waals surface area contributed by atoms with Crippen LogP contribution in [0.1, 0.15) is 219 Å². The van der Waals surface area contributed by atoms with Crippen molar-refractivity contribution >= 4 is 22.1 Å². The van der Waals surface area contributed by atoms with E-state index in [2.05, 4.69) is 89.7 Å². The fourth-order valence-corrected chi connectivity index (χ4v) is 9.31. The first-order valence-corrected chi connectivity index (χ1v) is 25.7. The molecule has 0 N–H and O–H groups in total. The van der Waals surface area contributed by atoms with Gasteiger partial charge in [0.05, 0.1) is 22.1 Å². The Labute approximate surface area is 407 Å².